The van der Waals surface area contributed by atoms with E-state index in [1.165, 1.54) is 12.1 Å². The van der Waals surface area contributed by atoms with Gasteiger partial charge in [0.1, 0.15) is 18.9 Å². The van der Waals surface area contributed by atoms with Crippen LogP contribution in [-0.4, -0.2) is 19.7 Å². The molecule has 2 unspecified atom stereocenters. The molecule has 0 spiro atoms. The molecule has 8 heteroatoms. The summed E-state index contributed by atoms with van der Waals surface area (Å²) in [7, 11) is 0. The molecule has 0 saturated carbocycles. The minimum Gasteiger partial charge on any atom is -0.490 e. The van der Waals surface area contributed by atoms with Crippen molar-refractivity contribution in [3.05, 3.63) is 64.7 Å². The Hall–Kier alpha value is -2.77. The molecular formula is C23H25F5O3. The number of alkyl halides is 3. The number of fused-ring (bicyclic) bond motifs is 1. The highest BCUT2D eigenvalue weighted by molar-refractivity contribution is 5.72. The predicted octanol–water partition coefficient (Wildman–Crippen LogP) is 6.06. The zero-order chi connectivity index (χ0) is 23.8. The molecular weight excluding hydrogens is 419 g/mol. The highest BCUT2D eigenvalue weighted by atomic mass is 19.4. The Labute approximate surface area is 178 Å². The van der Waals surface area contributed by atoms with E-state index >= 15 is 0 Å². The molecule has 1 heterocycles. The van der Waals surface area contributed by atoms with Crippen molar-refractivity contribution in [3.63, 3.8) is 0 Å². The van der Waals surface area contributed by atoms with E-state index in [2.05, 4.69) is 0 Å². The van der Waals surface area contributed by atoms with Crippen LogP contribution in [0.4, 0.5) is 22.0 Å². The Balaban J connectivity index is 0.000000317. The van der Waals surface area contributed by atoms with Gasteiger partial charge in [0, 0.05) is 11.5 Å². The molecule has 0 aromatic heterocycles. The van der Waals surface area contributed by atoms with Gasteiger partial charge in [-0.2, -0.15) is 13.2 Å². The maximum absolute atomic E-state index is 14.0. The van der Waals surface area contributed by atoms with E-state index < -0.39 is 28.8 Å². The molecule has 3 nitrogen and oxygen atoms in total. The molecule has 2 aromatic carbocycles. The lowest BCUT2D eigenvalue weighted by molar-refractivity contribution is -0.137. The van der Waals surface area contributed by atoms with Crippen LogP contribution >= 0.6 is 0 Å². The summed E-state index contributed by atoms with van der Waals surface area (Å²) >= 11 is 0. The standard InChI is InChI=1S/C14H16F2O2.C8H7F3.CH2O/c1-3-6-14(8-17)9(2)7-18-13-11(16)5-4-10(15)12(13)14;1-6-2-4-7(5-3-6)8(9,10)11;1-2/h4-5,8-9H,3,6-7H2,1-2H3;2-5H,1H3;1H2. The van der Waals surface area contributed by atoms with Crippen LogP contribution in [0.1, 0.15) is 43.4 Å². The lowest BCUT2D eigenvalue weighted by atomic mass is 9.67. The second-order valence-electron chi connectivity index (χ2n) is 7.22. The van der Waals surface area contributed by atoms with Gasteiger partial charge in [0.25, 0.3) is 0 Å². The maximum Gasteiger partial charge on any atom is 0.416 e. The fourth-order valence-electron chi connectivity index (χ4n) is 3.47. The SMILES string of the molecule is C=O.CCCC1(C=O)c2c(F)ccc(F)c2OCC1C.Cc1ccc(C(F)(F)F)cc1. The number of rotatable bonds is 3. The van der Waals surface area contributed by atoms with Crippen molar-refractivity contribution < 1.29 is 36.3 Å². The van der Waals surface area contributed by atoms with Gasteiger partial charge < -0.3 is 14.3 Å². The maximum atomic E-state index is 14.0. The third kappa shape index (κ3) is 5.89. The van der Waals surface area contributed by atoms with E-state index in [9.17, 15) is 26.7 Å². The summed E-state index contributed by atoms with van der Waals surface area (Å²) in [6.45, 7) is 7.73. The topological polar surface area (TPSA) is 43.4 Å². The molecule has 0 saturated heterocycles. The van der Waals surface area contributed by atoms with E-state index in [1.807, 2.05) is 20.6 Å². The first kappa shape index (κ1) is 26.3. The minimum atomic E-state index is -4.21. The highest BCUT2D eigenvalue weighted by Gasteiger charge is 2.45. The molecule has 170 valence electrons. The van der Waals surface area contributed by atoms with Crippen LogP contribution in [0.2, 0.25) is 0 Å². The molecule has 0 fully saturated rings. The molecule has 0 aliphatic carbocycles. The van der Waals surface area contributed by atoms with Gasteiger partial charge in [0.05, 0.1) is 17.6 Å². The number of benzene rings is 2. The van der Waals surface area contributed by atoms with Crippen molar-refractivity contribution in [2.45, 2.75) is 45.2 Å². The number of hydrogen-bond donors (Lipinski definition) is 0. The Bertz CT molecular complexity index is 865. The van der Waals surface area contributed by atoms with Crippen molar-refractivity contribution in [1.29, 1.82) is 0 Å². The fraction of sp³-hybridized carbons (Fsp3) is 0.391. The highest BCUT2D eigenvalue weighted by Crippen LogP contribution is 2.46. The van der Waals surface area contributed by atoms with Crippen LogP contribution in [0, 0.1) is 24.5 Å². The summed E-state index contributed by atoms with van der Waals surface area (Å²) in [5.74, 6) is -1.45. The largest absolute Gasteiger partial charge is 0.490 e. The number of hydrogen-bond acceptors (Lipinski definition) is 3. The summed E-state index contributed by atoms with van der Waals surface area (Å²) in [5, 5.41) is 0. The van der Waals surface area contributed by atoms with Gasteiger partial charge in [-0.15, -0.1) is 0 Å². The Morgan fingerprint density at radius 2 is 1.65 bits per heavy atom. The van der Waals surface area contributed by atoms with Crippen LogP contribution < -0.4 is 4.74 Å². The van der Waals surface area contributed by atoms with Gasteiger partial charge in [-0.3, -0.25) is 0 Å². The van der Waals surface area contributed by atoms with E-state index in [-0.39, 0.29) is 23.8 Å². The number of ether oxygens (including phenoxy) is 1. The molecule has 0 radical (unpaired) electrons. The number of halogens is 5. The lowest BCUT2D eigenvalue weighted by Crippen LogP contribution is -2.43. The molecule has 2 atom stereocenters. The monoisotopic (exact) mass is 444 g/mol. The second kappa shape index (κ2) is 11.0. The molecule has 3 rings (SSSR count). The minimum absolute atomic E-state index is 0.0816. The van der Waals surface area contributed by atoms with Crippen LogP contribution in [0.5, 0.6) is 5.75 Å². The van der Waals surface area contributed by atoms with E-state index in [1.54, 1.807) is 6.92 Å². The van der Waals surface area contributed by atoms with E-state index in [0.717, 1.165) is 42.5 Å². The number of aldehydes is 1. The van der Waals surface area contributed by atoms with Crippen molar-refractivity contribution in [2.75, 3.05) is 6.61 Å². The second-order valence-corrected chi connectivity index (χ2v) is 7.22. The van der Waals surface area contributed by atoms with E-state index in [4.69, 9.17) is 9.53 Å². The van der Waals surface area contributed by atoms with Crippen LogP contribution in [0.15, 0.2) is 36.4 Å². The van der Waals surface area contributed by atoms with E-state index in [0.29, 0.717) is 6.42 Å². The third-order valence-corrected chi connectivity index (χ3v) is 5.13. The third-order valence-electron chi connectivity index (χ3n) is 5.13. The number of carbonyl (C=O) groups excluding carboxylic acids is 2. The number of carbonyl (C=O) groups is 2. The summed E-state index contributed by atoms with van der Waals surface area (Å²) in [5.41, 5.74) is -0.659. The summed E-state index contributed by atoms with van der Waals surface area (Å²) < 4.78 is 68.8. The molecule has 31 heavy (non-hydrogen) atoms. The molecule has 1 aliphatic rings. The van der Waals surface area contributed by atoms with Crippen molar-refractivity contribution in [2.24, 2.45) is 5.92 Å². The smallest absolute Gasteiger partial charge is 0.416 e. The Kier molecular flexibility index (Phi) is 9.34. The number of aryl methyl sites for hydroxylation is 1. The van der Waals surface area contributed by atoms with Gasteiger partial charge in [-0.05, 0) is 37.6 Å². The van der Waals surface area contributed by atoms with Crippen LogP contribution in [0.3, 0.4) is 0 Å². The van der Waals surface area contributed by atoms with Gasteiger partial charge in [-0.25, -0.2) is 8.78 Å². The van der Waals surface area contributed by atoms with Crippen molar-refractivity contribution in [3.8, 4) is 5.75 Å². The van der Waals surface area contributed by atoms with Gasteiger partial charge in [0.2, 0.25) is 0 Å². The molecule has 1 aliphatic heterocycles. The zero-order valence-electron chi connectivity index (χ0n) is 17.6. The van der Waals surface area contributed by atoms with Gasteiger partial charge in [0.15, 0.2) is 11.6 Å². The Morgan fingerprint density at radius 1 is 1.10 bits per heavy atom. The predicted molar refractivity (Wildman–Crippen MR) is 107 cm³/mol. The van der Waals surface area contributed by atoms with Crippen molar-refractivity contribution in [1.82, 2.24) is 0 Å². The first-order valence-electron chi connectivity index (χ1n) is 9.57. The summed E-state index contributed by atoms with van der Waals surface area (Å²) in [4.78, 5) is 19.6. The molecule has 0 N–H and O–H groups in total. The molecule has 0 amide bonds. The van der Waals surface area contributed by atoms with Crippen LogP contribution in [-0.2, 0) is 21.2 Å². The van der Waals surface area contributed by atoms with Crippen LogP contribution in [0.25, 0.3) is 0 Å². The summed E-state index contributed by atoms with van der Waals surface area (Å²) in [6.07, 6.45) is -2.24. The van der Waals surface area contributed by atoms with Gasteiger partial charge >= 0.3 is 6.18 Å². The Morgan fingerprint density at radius 3 is 2.13 bits per heavy atom. The van der Waals surface area contributed by atoms with Crippen molar-refractivity contribution >= 4 is 13.1 Å². The summed E-state index contributed by atoms with van der Waals surface area (Å²) in [6, 6.07) is 7.14. The molecule has 2 aromatic rings. The molecule has 0 bridgehead atoms. The lowest BCUT2D eigenvalue weighted by Gasteiger charge is -2.39. The average molecular weight is 444 g/mol. The van der Waals surface area contributed by atoms with Gasteiger partial charge in [-0.1, -0.05) is 38.0 Å². The first-order valence-corrected chi connectivity index (χ1v) is 9.57. The zero-order valence-corrected chi connectivity index (χ0v) is 17.6. The normalized spacial score (nSPS) is 19.5. The average Bonchev–Trinajstić information content (AvgIpc) is 2.74. The first-order chi connectivity index (χ1) is 14.6. The fourth-order valence-corrected chi connectivity index (χ4v) is 3.47. The quantitative estimate of drug-likeness (QED) is 0.427.